The average molecular weight is 494 g/mol. The number of hydrogen-bond donors (Lipinski definition) is 7. The molecule has 32 heavy (non-hydrogen) atoms. The third kappa shape index (κ3) is 11.0. The Labute approximate surface area is 198 Å². The number of amides is 4. The number of thiol groups is 1. The van der Waals surface area contributed by atoms with Crippen LogP contribution in [0.1, 0.15) is 39.5 Å². The van der Waals surface area contributed by atoms with E-state index in [9.17, 15) is 29.1 Å². The SMILES string of the molecule is CCC(C)C(NC(=O)C(CCC(N)=O)NC(=O)C(CCSC)NC(=O)C(N)CS)C(=O)O. The van der Waals surface area contributed by atoms with E-state index in [4.69, 9.17) is 11.5 Å². The highest BCUT2D eigenvalue weighted by Gasteiger charge is 2.31. The quantitative estimate of drug-likeness (QED) is 0.131. The van der Waals surface area contributed by atoms with E-state index in [1.807, 2.05) is 6.26 Å². The molecule has 0 spiro atoms. The molecule has 13 heteroatoms. The Bertz CT molecular complexity index is 666. The van der Waals surface area contributed by atoms with Crippen molar-refractivity contribution >= 4 is 54.0 Å². The Hall–Kier alpha value is -1.99. The molecule has 0 aliphatic carbocycles. The molecule has 5 atom stereocenters. The summed E-state index contributed by atoms with van der Waals surface area (Å²) in [5, 5.41) is 16.9. The summed E-state index contributed by atoms with van der Waals surface area (Å²) < 4.78 is 0. The van der Waals surface area contributed by atoms with Crippen LogP contribution < -0.4 is 27.4 Å². The monoisotopic (exact) mass is 493 g/mol. The molecule has 0 radical (unpaired) electrons. The van der Waals surface area contributed by atoms with Crippen molar-refractivity contribution < 1.29 is 29.1 Å². The summed E-state index contributed by atoms with van der Waals surface area (Å²) in [5.74, 6) is -3.60. The fourth-order valence-electron chi connectivity index (χ4n) is 2.63. The Kier molecular flexibility index (Phi) is 14.8. The molecule has 0 saturated heterocycles. The first-order chi connectivity index (χ1) is 15.0. The van der Waals surface area contributed by atoms with Gasteiger partial charge in [0, 0.05) is 12.2 Å². The Balaban J connectivity index is 5.53. The number of aliphatic carboxylic acids is 1. The maximum Gasteiger partial charge on any atom is 0.326 e. The summed E-state index contributed by atoms with van der Waals surface area (Å²) in [6.45, 7) is 3.46. The van der Waals surface area contributed by atoms with Gasteiger partial charge in [0.15, 0.2) is 0 Å². The molecular formula is C19H35N5O6S2. The second-order valence-corrected chi connectivity index (χ2v) is 8.76. The first-order valence-corrected chi connectivity index (χ1v) is 12.3. The van der Waals surface area contributed by atoms with Gasteiger partial charge < -0.3 is 32.5 Å². The second-order valence-electron chi connectivity index (χ2n) is 7.41. The van der Waals surface area contributed by atoms with Crippen molar-refractivity contribution in [2.75, 3.05) is 17.8 Å². The topological polar surface area (TPSA) is 194 Å². The number of carbonyl (C=O) groups excluding carboxylic acids is 4. The Morgan fingerprint density at radius 2 is 1.53 bits per heavy atom. The highest BCUT2D eigenvalue weighted by atomic mass is 32.2. The zero-order valence-corrected chi connectivity index (χ0v) is 20.3. The Morgan fingerprint density at radius 1 is 1.00 bits per heavy atom. The number of primary amides is 1. The average Bonchev–Trinajstić information content (AvgIpc) is 2.75. The van der Waals surface area contributed by atoms with E-state index in [-0.39, 0.29) is 30.9 Å². The molecule has 11 nitrogen and oxygen atoms in total. The minimum absolute atomic E-state index is 0.0819. The molecule has 0 aromatic carbocycles. The van der Waals surface area contributed by atoms with Crippen LogP contribution in [0, 0.1) is 5.92 Å². The minimum Gasteiger partial charge on any atom is -0.480 e. The summed E-state index contributed by atoms with van der Waals surface area (Å²) in [7, 11) is 0. The molecule has 5 unspecified atom stereocenters. The van der Waals surface area contributed by atoms with Gasteiger partial charge in [-0.1, -0.05) is 20.3 Å². The second kappa shape index (κ2) is 15.8. The molecule has 0 heterocycles. The standard InChI is InChI=1S/C19H35N5O6S2/c1-4-10(2)15(19(29)30)24-18(28)12(5-6-14(21)25)23-17(27)13(7-8-32-3)22-16(26)11(20)9-31/h10-13,15,31H,4-9,20H2,1-3H3,(H2,21,25)(H,22,26)(H,23,27)(H,24,28)(H,29,30). The number of rotatable bonds is 16. The first kappa shape index (κ1) is 30.0. The zero-order valence-electron chi connectivity index (χ0n) is 18.6. The van der Waals surface area contributed by atoms with Crippen LogP contribution in [0.2, 0.25) is 0 Å². The number of carboxylic acid groups (broad SMARTS) is 1. The lowest BCUT2D eigenvalue weighted by Gasteiger charge is -2.26. The van der Waals surface area contributed by atoms with E-state index in [0.717, 1.165) is 0 Å². The molecule has 184 valence electrons. The number of hydrogen-bond acceptors (Lipinski definition) is 8. The van der Waals surface area contributed by atoms with Gasteiger partial charge in [-0.3, -0.25) is 19.2 Å². The maximum absolute atomic E-state index is 12.9. The van der Waals surface area contributed by atoms with Crippen molar-refractivity contribution in [1.82, 2.24) is 16.0 Å². The summed E-state index contributed by atoms with van der Waals surface area (Å²) in [4.78, 5) is 60.5. The van der Waals surface area contributed by atoms with E-state index in [1.54, 1.807) is 13.8 Å². The summed E-state index contributed by atoms with van der Waals surface area (Å²) >= 11 is 5.43. The molecule has 8 N–H and O–H groups in total. The van der Waals surface area contributed by atoms with Crippen LogP contribution in [0.15, 0.2) is 0 Å². The van der Waals surface area contributed by atoms with Crippen molar-refractivity contribution in [3.8, 4) is 0 Å². The fourth-order valence-corrected chi connectivity index (χ4v) is 3.27. The molecule has 0 bridgehead atoms. The third-order valence-electron chi connectivity index (χ3n) is 4.87. The normalized spacial score (nSPS) is 15.5. The first-order valence-electron chi connectivity index (χ1n) is 10.3. The van der Waals surface area contributed by atoms with Crippen molar-refractivity contribution in [3.63, 3.8) is 0 Å². The van der Waals surface area contributed by atoms with Gasteiger partial charge in [0.2, 0.25) is 23.6 Å². The lowest BCUT2D eigenvalue weighted by atomic mass is 9.98. The van der Waals surface area contributed by atoms with Crippen molar-refractivity contribution in [2.24, 2.45) is 17.4 Å². The largest absolute Gasteiger partial charge is 0.480 e. The van der Waals surface area contributed by atoms with Crippen LogP contribution in [-0.4, -0.2) is 76.6 Å². The fraction of sp³-hybridized carbons (Fsp3) is 0.737. The summed E-state index contributed by atoms with van der Waals surface area (Å²) in [5.41, 5.74) is 10.8. The van der Waals surface area contributed by atoms with Crippen LogP contribution in [0.3, 0.4) is 0 Å². The van der Waals surface area contributed by atoms with Crippen molar-refractivity contribution in [3.05, 3.63) is 0 Å². The third-order valence-corrected chi connectivity index (χ3v) is 5.90. The predicted octanol–water partition coefficient (Wildman–Crippen LogP) is -1.15. The van der Waals surface area contributed by atoms with Gasteiger partial charge in [0.05, 0.1) is 6.04 Å². The van der Waals surface area contributed by atoms with E-state index < -0.39 is 53.8 Å². The van der Waals surface area contributed by atoms with Gasteiger partial charge in [0.1, 0.15) is 18.1 Å². The van der Waals surface area contributed by atoms with Crippen LogP contribution in [0.5, 0.6) is 0 Å². The van der Waals surface area contributed by atoms with E-state index >= 15 is 0 Å². The van der Waals surface area contributed by atoms with Crippen LogP contribution in [0.4, 0.5) is 0 Å². The maximum atomic E-state index is 12.9. The molecule has 0 aromatic rings. The Morgan fingerprint density at radius 3 is 2.00 bits per heavy atom. The molecule has 0 rings (SSSR count). The molecular weight excluding hydrogens is 458 g/mol. The van der Waals surface area contributed by atoms with Gasteiger partial charge in [0.25, 0.3) is 0 Å². The number of carboxylic acids is 1. The summed E-state index contributed by atoms with van der Waals surface area (Å²) in [6, 6.07) is -4.27. The molecule has 0 saturated carbocycles. The highest BCUT2D eigenvalue weighted by molar-refractivity contribution is 7.98. The lowest BCUT2D eigenvalue weighted by molar-refractivity contribution is -0.144. The smallest absolute Gasteiger partial charge is 0.326 e. The number of nitrogens with two attached hydrogens (primary N) is 2. The van der Waals surface area contributed by atoms with Crippen molar-refractivity contribution in [1.29, 1.82) is 0 Å². The number of thioether (sulfide) groups is 1. The van der Waals surface area contributed by atoms with Crippen LogP contribution in [-0.2, 0) is 24.0 Å². The molecule has 0 fully saturated rings. The molecule has 0 aromatic heterocycles. The van der Waals surface area contributed by atoms with Gasteiger partial charge in [-0.15, -0.1) is 0 Å². The van der Waals surface area contributed by atoms with Gasteiger partial charge >= 0.3 is 5.97 Å². The van der Waals surface area contributed by atoms with E-state index in [1.165, 1.54) is 11.8 Å². The number of carbonyl (C=O) groups is 5. The minimum atomic E-state index is -1.21. The summed E-state index contributed by atoms with van der Waals surface area (Å²) in [6.07, 6.45) is 2.28. The van der Waals surface area contributed by atoms with Gasteiger partial charge in [-0.25, -0.2) is 4.79 Å². The highest BCUT2D eigenvalue weighted by Crippen LogP contribution is 2.10. The van der Waals surface area contributed by atoms with Crippen LogP contribution >= 0.6 is 24.4 Å². The predicted molar refractivity (Wildman–Crippen MR) is 126 cm³/mol. The molecule has 0 aliphatic heterocycles. The van der Waals surface area contributed by atoms with Crippen LogP contribution in [0.25, 0.3) is 0 Å². The van der Waals surface area contributed by atoms with E-state index in [2.05, 4.69) is 28.6 Å². The number of nitrogens with one attached hydrogen (secondary N) is 3. The molecule has 0 aliphatic rings. The van der Waals surface area contributed by atoms with Crippen molar-refractivity contribution in [2.45, 2.75) is 63.7 Å². The van der Waals surface area contributed by atoms with Gasteiger partial charge in [-0.05, 0) is 30.8 Å². The van der Waals surface area contributed by atoms with E-state index in [0.29, 0.717) is 12.2 Å². The van der Waals surface area contributed by atoms with Gasteiger partial charge in [-0.2, -0.15) is 24.4 Å². The zero-order chi connectivity index (χ0) is 24.8. The lowest BCUT2D eigenvalue weighted by Crippen LogP contribution is -2.58. The molecule has 4 amide bonds.